The summed E-state index contributed by atoms with van der Waals surface area (Å²) in [6.45, 7) is 0.695. The molecular weight excluding hydrogens is 534 g/mol. The summed E-state index contributed by atoms with van der Waals surface area (Å²) < 4.78 is 23.4. The molecule has 41 heavy (non-hydrogen) atoms. The topological polar surface area (TPSA) is 152 Å². The molecule has 2 aliphatic heterocycles. The fraction of sp³-hybridized carbons (Fsp3) is 0.433. The second-order valence-electron chi connectivity index (χ2n) is 11.0. The van der Waals surface area contributed by atoms with Crippen LogP contribution < -0.4 is 9.47 Å². The van der Waals surface area contributed by atoms with Gasteiger partial charge in [-0.25, -0.2) is 9.59 Å². The number of ether oxygens (including phenoxy) is 4. The van der Waals surface area contributed by atoms with Crippen molar-refractivity contribution < 1.29 is 48.7 Å². The molecule has 6 rings (SSSR count). The maximum absolute atomic E-state index is 13.6. The van der Waals surface area contributed by atoms with Crippen LogP contribution in [0.5, 0.6) is 11.5 Å². The van der Waals surface area contributed by atoms with Crippen molar-refractivity contribution >= 4 is 17.9 Å². The van der Waals surface area contributed by atoms with E-state index in [1.807, 2.05) is 19.2 Å². The van der Waals surface area contributed by atoms with Crippen LogP contribution in [0, 0.1) is 0 Å². The molecule has 1 saturated heterocycles. The molecule has 0 amide bonds. The van der Waals surface area contributed by atoms with Crippen LogP contribution in [0.15, 0.2) is 54.3 Å². The average molecular weight is 566 g/mol. The molecule has 2 bridgehead atoms. The number of hydrogen-bond acceptors (Lipinski definition) is 10. The van der Waals surface area contributed by atoms with E-state index in [2.05, 4.69) is 4.90 Å². The first kappa shape index (κ1) is 27.3. The zero-order valence-electron chi connectivity index (χ0n) is 22.6. The molecule has 3 N–H and O–H groups in total. The Balaban J connectivity index is 1.35. The van der Waals surface area contributed by atoms with Crippen molar-refractivity contribution in [1.82, 2.24) is 4.90 Å². The van der Waals surface area contributed by atoms with E-state index in [-0.39, 0.29) is 18.2 Å². The number of benzene rings is 2. The van der Waals surface area contributed by atoms with Gasteiger partial charge in [0.05, 0.1) is 24.5 Å². The Hall–Kier alpha value is -3.93. The van der Waals surface area contributed by atoms with Crippen LogP contribution >= 0.6 is 0 Å². The third kappa shape index (κ3) is 4.02. The number of carbonyl (C=O) groups is 3. The van der Waals surface area contributed by atoms with E-state index in [1.165, 1.54) is 0 Å². The van der Waals surface area contributed by atoms with E-state index in [0.29, 0.717) is 36.4 Å². The molecule has 0 radical (unpaired) electrons. The summed E-state index contributed by atoms with van der Waals surface area (Å²) in [4.78, 5) is 39.3. The molecule has 6 atom stereocenters. The third-order valence-corrected chi connectivity index (χ3v) is 8.99. The third-order valence-electron chi connectivity index (χ3n) is 8.99. The molecule has 11 heteroatoms. The SMILES string of the molecule is COc1ccc2c3c1O[C@H]1C(OC(=O)[C@@H](OC(=O)C[C@H](O)C(=O)O)c4ccccc4)=CC[C@@]4(O)[C@@H](C2)N(C)CC[C@]314. The zero-order chi connectivity index (χ0) is 29.1. The molecule has 2 aromatic carbocycles. The van der Waals surface area contributed by atoms with E-state index >= 15 is 0 Å². The van der Waals surface area contributed by atoms with E-state index in [0.717, 1.165) is 11.1 Å². The van der Waals surface area contributed by atoms with Gasteiger partial charge in [0.15, 0.2) is 23.7 Å². The molecule has 0 saturated carbocycles. The smallest absolute Gasteiger partial charge is 0.357 e. The number of aliphatic carboxylic acids is 1. The lowest BCUT2D eigenvalue weighted by atomic mass is 9.50. The number of methoxy groups -OCH3 is 1. The van der Waals surface area contributed by atoms with Crippen LogP contribution in [0.25, 0.3) is 0 Å². The Kier molecular flexibility index (Phi) is 6.55. The zero-order valence-corrected chi connectivity index (χ0v) is 22.6. The van der Waals surface area contributed by atoms with E-state index < -0.39 is 53.7 Å². The van der Waals surface area contributed by atoms with Gasteiger partial charge in [0.25, 0.3) is 0 Å². The normalized spacial score (nSPS) is 28.8. The minimum atomic E-state index is -1.98. The van der Waals surface area contributed by atoms with Gasteiger partial charge in [-0.3, -0.25) is 4.79 Å². The number of nitrogens with zero attached hydrogens (tertiary/aromatic N) is 1. The molecule has 1 spiro atoms. The number of aliphatic hydroxyl groups excluding tert-OH is 1. The first-order valence-electron chi connectivity index (χ1n) is 13.5. The van der Waals surface area contributed by atoms with Crippen LogP contribution in [0.2, 0.25) is 0 Å². The number of rotatable bonds is 8. The van der Waals surface area contributed by atoms with Crippen LogP contribution in [0.3, 0.4) is 0 Å². The number of carbonyl (C=O) groups excluding carboxylic acids is 2. The summed E-state index contributed by atoms with van der Waals surface area (Å²) in [6, 6.07) is 11.8. The summed E-state index contributed by atoms with van der Waals surface area (Å²) in [5.41, 5.74) is 0.146. The molecular formula is C30H31NO10. The monoisotopic (exact) mass is 565 g/mol. The number of carboxylic acid groups (broad SMARTS) is 1. The van der Waals surface area contributed by atoms with Gasteiger partial charge >= 0.3 is 17.9 Å². The van der Waals surface area contributed by atoms with Crippen molar-refractivity contribution in [2.24, 2.45) is 0 Å². The number of carboxylic acids is 1. The summed E-state index contributed by atoms with van der Waals surface area (Å²) >= 11 is 0. The van der Waals surface area contributed by atoms with Gasteiger partial charge < -0.3 is 39.2 Å². The lowest BCUT2D eigenvalue weighted by Gasteiger charge is -2.61. The highest BCUT2D eigenvalue weighted by molar-refractivity contribution is 5.84. The van der Waals surface area contributed by atoms with Gasteiger partial charge in [0.2, 0.25) is 6.10 Å². The first-order chi connectivity index (χ1) is 19.6. The second kappa shape index (κ2) is 9.86. The number of aliphatic hydroxyl groups is 2. The lowest BCUT2D eigenvalue weighted by Crippen LogP contribution is -2.74. The van der Waals surface area contributed by atoms with Gasteiger partial charge in [-0.05, 0) is 44.1 Å². The summed E-state index contributed by atoms with van der Waals surface area (Å²) in [5, 5.41) is 30.9. The van der Waals surface area contributed by atoms with Gasteiger partial charge in [0.1, 0.15) is 5.76 Å². The number of likely N-dealkylation sites (N-methyl/N-ethyl adjacent to an activating group) is 1. The molecule has 216 valence electrons. The van der Waals surface area contributed by atoms with E-state index in [9.17, 15) is 24.6 Å². The Morgan fingerprint density at radius 1 is 1.17 bits per heavy atom. The van der Waals surface area contributed by atoms with Crippen molar-refractivity contribution in [2.45, 2.75) is 61.1 Å². The number of esters is 2. The quantitative estimate of drug-likeness (QED) is 0.401. The summed E-state index contributed by atoms with van der Waals surface area (Å²) in [6.07, 6.45) is -2.14. The Labute approximate surface area is 235 Å². The molecule has 4 aliphatic rings. The Morgan fingerprint density at radius 2 is 1.93 bits per heavy atom. The Morgan fingerprint density at radius 3 is 2.63 bits per heavy atom. The van der Waals surface area contributed by atoms with Crippen molar-refractivity contribution in [1.29, 1.82) is 0 Å². The van der Waals surface area contributed by atoms with E-state index in [4.69, 9.17) is 24.1 Å². The van der Waals surface area contributed by atoms with Crippen molar-refractivity contribution in [3.8, 4) is 11.5 Å². The number of hydrogen-bond donors (Lipinski definition) is 3. The predicted molar refractivity (Wildman–Crippen MR) is 141 cm³/mol. The molecule has 0 aromatic heterocycles. The standard InChI is InChI=1S/C30H31NO10/c1-31-13-12-29-23-17-8-9-19(38-2)25(23)41-26(29)20(10-11-30(29,37)21(31)14-17)39-28(36)24(16-6-4-3-5-7-16)40-22(33)15-18(32)27(34)35/h3-10,18,21,24,26,32,37H,11-15H2,1-2H3,(H,34,35)/t18-,21+,24-,26-,29-,30+/m0/s1. The van der Waals surface area contributed by atoms with Gasteiger partial charge in [-0.2, -0.15) is 0 Å². The average Bonchev–Trinajstić information content (AvgIpc) is 3.31. The number of likely N-dealkylation sites (tertiary alicyclic amines) is 1. The Bertz CT molecular complexity index is 1440. The molecule has 11 nitrogen and oxygen atoms in total. The second-order valence-corrected chi connectivity index (χ2v) is 11.0. The highest BCUT2D eigenvalue weighted by Crippen LogP contribution is 2.65. The number of piperidine rings is 1. The molecule has 2 aliphatic carbocycles. The minimum Gasteiger partial charge on any atom is -0.493 e. The highest BCUT2D eigenvalue weighted by Gasteiger charge is 2.72. The summed E-state index contributed by atoms with van der Waals surface area (Å²) in [7, 11) is 3.54. The van der Waals surface area contributed by atoms with Crippen molar-refractivity contribution in [3.05, 3.63) is 71.0 Å². The summed E-state index contributed by atoms with van der Waals surface area (Å²) in [5.74, 6) is -2.36. The van der Waals surface area contributed by atoms with Gasteiger partial charge in [0, 0.05) is 23.6 Å². The van der Waals surface area contributed by atoms with Crippen LogP contribution in [0.4, 0.5) is 0 Å². The van der Waals surface area contributed by atoms with Crippen molar-refractivity contribution in [2.75, 3.05) is 20.7 Å². The highest BCUT2D eigenvalue weighted by atomic mass is 16.6. The van der Waals surface area contributed by atoms with Crippen molar-refractivity contribution in [3.63, 3.8) is 0 Å². The molecule has 0 unspecified atom stereocenters. The molecule has 2 aromatic rings. The largest absolute Gasteiger partial charge is 0.493 e. The van der Waals surface area contributed by atoms with E-state index in [1.54, 1.807) is 43.5 Å². The molecule has 2 heterocycles. The minimum absolute atomic E-state index is 0.179. The maximum atomic E-state index is 13.6. The van der Waals surface area contributed by atoms with Crippen LogP contribution in [-0.2, 0) is 35.7 Å². The van der Waals surface area contributed by atoms with Gasteiger partial charge in [-0.15, -0.1) is 0 Å². The fourth-order valence-corrected chi connectivity index (χ4v) is 7.06. The first-order valence-corrected chi connectivity index (χ1v) is 13.5. The molecule has 1 fully saturated rings. The predicted octanol–water partition coefficient (Wildman–Crippen LogP) is 1.64. The van der Waals surface area contributed by atoms with Crippen LogP contribution in [0.1, 0.15) is 42.1 Å². The maximum Gasteiger partial charge on any atom is 0.357 e. The fourth-order valence-electron chi connectivity index (χ4n) is 7.06. The van der Waals surface area contributed by atoms with Gasteiger partial charge in [-0.1, -0.05) is 36.4 Å². The lowest BCUT2D eigenvalue weighted by molar-refractivity contribution is -0.177. The van der Waals surface area contributed by atoms with Crippen LogP contribution in [-0.4, -0.2) is 82.7 Å².